The Morgan fingerprint density at radius 3 is 2.21 bits per heavy atom. The molecule has 0 aromatic heterocycles. The molecule has 1 aliphatic rings. The summed E-state index contributed by atoms with van der Waals surface area (Å²) >= 11 is 1.50. The van der Waals surface area contributed by atoms with E-state index in [4.69, 9.17) is 4.18 Å². The summed E-state index contributed by atoms with van der Waals surface area (Å²) in [6.07, 6.45) is 2.27. The number of anilines is 1. The number of para-hydroxylation sites is 2. The summed E-state index contributed by atoms with van der Waals surface area (Å²) in [6, 6.07) is 28.8. The van der Waals surface area contributed by atoms with E-state index in [0.29, 0.717) is 0 Å². The molecule has 0 aliphatic carbocycles. The Labute approximate surface area is 147 Å². The molecule has 118 valence electrons. The molecule has 1 atom stereocenters. The molecule has 4 rings (SSSR count). The van der Waals surface area contributed by atoms with Crippen molar-refractivity contribution < 1.29 is 4.18 Å². The van der Waals surface area contributed by atoms with Crippen LogP contribution in [0.15, 0.2) is 84.9 Å². The Hall–Kier alpha value is -2.22. The second-order valence-electron chi connectivity index (χ2n) is 5.36. The van der Waals surface area contributed by atoms with E-state index in [9.17, 15) is 0 Å². The third-order valence-corrected chi connectivity index (χ3v) is 6.93. The van der Waals surface area contributed by atoms with E-state index in [1.54, 1.807) is 0 Å². The number of hydrogen-bond acceptors (Lipinski definition) is 3. The van der Waals surface area contributed by atoms with Gasteiger partial charge in [0.1, 0.15) is 24.7 Å². The summed E-state index contributed by atoms with van der Waals surface area (Å²) < 4.78 is 5.95. The van der Waals surface area contributed by atoms with E-state index in [1.165, 1.54) is 28.1 Å². The predicted octanol–water partition coefficient (Wildman–Crippen LogP) is 6.65. The van der Waals surface area contributed by atoms with Gasteiger partial charge in [-0.1, -0.05) is 66.7 Å². The SMILES string of the molecule is C1=C(c2ccccc2)P(SOc2ccccc2)Nc2ccccc21. The van der Waals surface area contributed by atoms with Crippen molar-refractivity contribution in [1.29, 1.82) is 0 Å². The van der Waals surface area contributed by atoms with Crippen molar-refractivity contribution in [3.8, 4) is 5.75 Å². The van der Waals surface area contributed by atoms with Gasteiger partial charge in [0.25, 0.3) is 0 Å². The maximum Gasteiger partial charge on any atom is 0.137 e. The van der Waals surface area contributed by atoms with Crippen molar-refractivity contribution in [2.75, 3.05) is 5.09 Å². The number of fused-ring (bicyclic) bond motifs is 1. The molecule has 1 unspecified atom stereocenters. The van der Waals surface area contributed by atoms with Gasteiger partial charge in [-0.3, -0.25) is 0 Å². The largest absolute Gasteiger partial charge is 0.419 e. The molecule has 0 fully saturated rings. The van der Waals surface area contributed by atoms with E-state index in [0.717, 1.165) is 11.4 Å². The Bertz CT molecular complexity index is 852. The second-order valence-corrected chi connectivity index (χ2v) is 8.51. The fraction of sp³-hybridized carbons (Fsp3) is 0. The van der Waals surface area contributed by atoms with E-state index in [1.807, 2.05) is 36.4 Å². The molecule has 0 spiro atoms. The van der Waals surface area contributed by atoms with E-state index < -0.39 is 7.27 Å². The van der Waals surface area contributed by atoms with E-state index in [2.05, 4.69) is 59.7 Å². The lowest BCUT2D eigenvalue weighted by Gasteiger charge is -2.26. The highest BCUT2D eigenvalue weighted by molar-refractivity contribution is 8.56. The van der Waals surface area contributed by atoms with Crippen LogP contribution in [0.4, 0.5) is 5.69 Å². The predicted molar refractivity (Wildman–Crippen MR) is 106 cm³/mol. The molecule has 1 aliphatic heterocycles. The molecule has 4 heteroatoms. The molecular weight excluding hydrogens is 333 g/mol. The summed E-state index contributed by atoms with van der Waals surface area (Å²) in [6.45, 7) is 0. The lowest BCUT2D eigenvalue weighted by Crippen LogP contribution is -2.01. The summed E-state index contributed by atoms with van der Waals surface area (Å²) in [7, 11) is -0.716. The van der Waals surface area contributed by atoms with Gasteiger partial charge in [-0.2, -0.15) is 0 Å². The highest BCUT2D eigenvalue weighted by Crippen LogP contribution is 2.63. The minimum Gasteiger partial charge on any atom is -0.419 e. The van der Waals surface area contributed by atoms with Gasteiger partial charge in [0.05, 0.1) is 0 Å². The molecule has 0 amide bonds. The normalized spacial score (nSPS) is 15.8. The van der Waals surface area contributed by atoms with E-state index >= 15 is 0 Å². The van der Waals surface area contributed by atoms with Crippen LogP contribution in [-0.2, 0) is 0 Å². The quantitative estimate of drug-likeness (QED) is 0.421. The first-order valence-corrected chi connectivity index (χ1v) is 10.4. The smallest absolute Gasteiger partial charge is 0.137 e. The van der Waals surface area contributed by atoms with Gasteiger partial charge >= 0.3 is 0 Å². The number of nitrogens with one attached hydrogen (secondary N) is 1. The van der Waals surface area contributed by atoms with Crippen LogP contribution in [0, 0.1) is 0 Å². The number of rotatable bonds is 4. The van der Waals surface area contributed by atoms with Crippen LogP contribution in [0.5, 0.6) is 5.75 Å². The molecule has 0 saturated heterocycles. The lowest BCUT2D eigenvalue weighted by molar-refractivity contribution is 0.656. The summed E-state index contributed by atoms with van der Waals surface area (Å²) in [5.74, 6) is 0.873. The summed E-state index contributed by atoms with van der Waals surface area (Å²) in [5, 5.41) is 4.93. The fourth-order valence-corrected chi connectivity index (χ4v) is 5.70. The Balaban J connectivity index is 1.64. The zero-order valence-corrected chi connectivity index (χ0v) is 14.6. The van der Waals surface area contributed by atoms with Crippen molar-refractivity contribution in [3.63, 3.8) is 0 Å². The van der Waals surface area contributed by atoms with Crippen molar-refractivity contribution in [1.82, 2.24) is 0 Å². The van der Waals surface area contributed by atoms with Crippen molar-refractivity contribution in [2.45, 2.75) is 0 Å². The van der Waals surface area contributed by atoms with Gasteiger partial charge in [-0.05, 0) is 35.4 Å². The second kappa shape index (κ2) is 7.12. The first-order valence-electron chi connectivity index (χ1n) is 7.73. The van der Waals surface area contributed by atoms with Crippen molar-refractivity contribution >= 4 is 36.0 Å². The van der Waals surface area contributed by atoms with Crippen LogP contribution in [0.1, 0.15) is 11.1 Å². The van der Waals surface area contributed by atoms with Crippen molar-refractivity contribution in [3.05, 3.63) is 96.1 Å². The molecule has 0 radical (unpaired) electrons. The van der Waals surface area contributed by atoms with Gasteiger partial charge in [0, 0.05) is 11.0 Å². The van der Waals surface area contributed by atoms with Gasteiger partial charge in [-0.25, -0.2) is 0 Å². The van der Waals surface area contributed by atoms with Gasteiger partial charge < -0.3 is 9.27 Å². The van der Waals surface area contributed by atoms with Crippen LogP contribution < -0.4 is 9.27 Å². The lowest BCUT2D eigenvalue weighted by atomic mass is 10.1. The molecule has 3 aromatic rings. The first-order chi connectivity index (χ1) is 11.9. The molecule has 24 heavy (non-hydrogen) atoms. The summed E-state index contributed by atoms with van der Waals surface area (Å²) in [4.78, 5) is 0. The van der Waals surface area contributed by atoms with Gasteiger partial charge in [0.2, 0.25) is 0 Å². The Morgan fingerprint density at radius 1 is 0.750 bits per heavy atom. The van der Waals surface area contributed by atoms with Crippen molar-refractivity contribution in [2.24, 2.45) is 0 Å². The fourth-order valence-electron chi connectivity index (χ4n) is 2.52. The zero-order valence-electron chi connectivity index (χ0n) is 12.9. The monoisotopic (exact) mass is 349 g/mol. The van der Waals surface area contributed by atoms with Crippen LogP contribution >= 0.6 is 18.9 Å². The first kappa shape index (κ1) is 15.3. The van der Waals surface area contributed by atoms with Crippen LogP contribution in [0.25, 0.3) is 11.4 Å². The Morgan fingerprint density at radius 2 is 1.42 bits per heavy atom. The average molecular weight is 349 g/mol. The third-order valence-electron chi connectivity index (χ3n) is 3.71. The summed E-state index contributed by atoms with van der Waals surface area (Å²) in [5.41, 5.74) is 3.61. The maximum absolute atomic E-state index is 5.95. The highest BCUT2D eigenvalue weighted by atomic mass is 32.7. The highest BCUT2D eigenvalue weighted by Gasteiger charge is 2.24. The zero-order chi connectivity index (χ0) is 16.2. The standard InChI is InChI=1S/C20H16NOPS/c1-3-9-16(10-4-1)20-15-17-11-7-8-14-19(17)21-23(20)24-22-18-12-5-2-6-13-18/h1-15,21H. The number of hydrogen-bond donors (Lipinski definition) is 1. The molecule has 0 bridgehead atoms. The molecule has 1 heterocycles. The third kappa shape index (κ3) is 3.33. The van der Waals surface area contributed by atoms with E-state index in [-0.39, 0.29) is 0 Å². The molecular formula is C20H16NOPS. The van der Waals surface area contributed by atoms with Crippen LogP contribution in [-0.4, -0.2) is 0 Å². The minimum atomic E-state index is -0.716. The Kier molecular flexibility index (Phi) is 4.55. The average Bonchev–Trinajstić information content (AvgIpc) is 2.67. The van der Waals surface area contributed by atoms with Gasteiger partial charge in [-0.15, -0.1) is 0 Å². The van der Waals surface area contributed by atoms with Gasteiger partial charge in [0.15, 0.2) is 0 Å². The van der Waals surface area contributed by atoms with Crippen LogP contribution in [0.2, 0.25) is 0 Å². The molecule has 3 aromatic carbocycles. The topological polar surface area (TPSA) is 21.3 Å². The van der Waals surface area contributed by atoms with Crippen LogP contribution in [0.3, 0.4) is 0 Å². The molecule has 1 N–H and O–H groups in total. The molecule has 2 nitrogen and oxygen atoms in total. The number of benzene rings is 3. The molecule has 0 saturated carbocycles. The minimum absolute atomic E-state index is 0.716. The maximum atomic E-state index is 5.95.